The van der Waals surface area contributed by atoms with Gasteiger partial charge in [0, 0.05) is 24.2 Å². The molecule has 0 aliphatic rings. The van der Waals surface area contributed by atoms with Crippen LogP contribution in [0.25, 0.3) is 0 Å². The molecular weight excluding hydrogens is 396 g/mol. The summed E-state index contributed by atoms with van der Waals surface area (Å²) < 4.78 is 27.0. The highest BCUT2D eigenvalue weighted by atomic mass is 35.5. The van der Waals surface area contributed by atoms with Gasteiger partial charge in [-0.3, -0.25) is 9.10 Å². The minimum absolute atomic E-state index is 0.0502. The Morgan fingerprint density at radius 3 is 2.39 bits per heavy atom. The Labute approximate surface area is 169 Å². The molecule has 0 fully saturated rings. The molecular formula is C21H19ClN2O3S. The predicted octanol–water partition coefficient (Wildman–Crippen LogP) is 4.10. The first-order valence-corrected chi connectivity index (χ1v) is 10.4. The molecule has 0 heterocycles. The zero-order valence-electron chi connectivity index (χ0n) is 15.2. The number of nitrogens with one attached hydrogen (secondary N) is 1. The molecule has 0 saturated carbocycles. The summed E-state index contributed by atoms with van der Waals surface area (Å²) in [6.07, 6.45) is 0. The number of carbonyl (C=O) groups excluding carboxylic acids is 1. The van der Waals surface area contributed by atoms with E-state index in [-0.39, 0.29) is 16.4 Å². The lowest BCUT2D eigenvalue weighted by Gasteiger charge is -2.19. The van der Waals surface area contributed by atoms with E-state index in [9.17, 15) is 13.2 Å². The van der Waals surface area contributed by atoms with Gasteiger partial charge in [0.15, 0.2) is 0 Å². The van der Waals surface area contributed by atoms with Crippen molar-refractivity contribution in [3.63, 3.8) is 0 Å². The van der Waals surface area contributed by atoms with Gasteiger partial charge in [0.05, 0.1) is 10.6 Å². The molecule has 3 aromatic rings. The molecule has 0 aliphatic carbocycles. The van der Waals surface area contributed by atoms with Crippen molar-refractivity contribution in [3.8, 4) is 0 Å². The Bertz CT molecular complexity index is 1090. The van der Waals surface area contributed by atoms with Crippen LogP contribution in [0.4, 0.5) is 5.69 Å². The molecule has 28 heavy (non-hydrogen) atoms. The van der Waals surface area contributed by atoms with Crippen LogP contribution in [-0.4, -0.2) is 21.4 Å². The fourth-order valence-corrected chi connectivity index (χ4v) is 4.12. The third kappa shape index (κ3) is 4.52. The normalized spacial score (nSPS) is 11.1. The SMILES string of the molecule is CN(c1ccccc1)S(=O)(=O)c1cccc(C(=O)NCc2cccc(Cl)c2)c1. The van der Waals surface area contributed by atoms with Gasteiger partial charge in [-0.15, -0.1) is 0 Å². The fourth-order valence-electron chi connectivity index (χ4n) is 2.66. The lowest BCUT2D eigenvalue weighted by atomic mass is 10.2. The highest BCUT2D eigenvalue weighted by Crippen LogP contribution is 2.22. The number of hydrogen-bond donors (Lipinski definition) is 1. The zero-order chi connectivity index (χ0) is 20.1. The van der Waals surface area contributed by atoms with Gasteiger partial charge in [-0.05, 0) is 48.0 Å². The molecule has 0 spiro atoms. The highest BCUT2D eigenvalue weighted by molar-refractivity contribution is 7.92. The smallest absolute Gasteiger partial charge is 0.264 e. The summed E-state index contributed by atoms with van der Waals surface area (Å²) in [6.45, 7) is 0.292. The highest BCUT2D eigenvalue weighted by Gasteiger charge is 2.22. The number of halogens is 1. The predicted molar refractivity (Wildman–Crippen MR) is 111 cm³/mol. The Balaban J connectivity index is 1.78. The molecule has 0 aromatic heterocycles. The Morgan fingerprint density at radius 2 is 1.68 bits per heavy atom. The Morgan fingerprint density at radius 1 is 0.964 bits per heavy atom. The standard InChI is InChI=1S/C21H19ClN2O3S/c1-24(19-10-3-2-4-11-19)28(26,27)20-12-6-8-17(14-20)21(25)23-15-16-7-5-9-18(22)13-16/h2-14H,15H2,1H3,(H,23,25). The topological polar surface area (TPSA) is 66.5 Å². The third-order valence-corrected chi connectivity index (χ3v) is 6.23. The van der Waals surface area contributed by atoms with Crippen molar-refractivity contribution >= 4 is 33.2 Å². The van der Waals surface area contributed by atoms with Gasteiger partial charge in [0.2, 0.25) is 0 Å². The maximum Gasteiger partial charge on any atom is 0.264 e. The van der Waals surface area contributed by atoms with Gasteiger partial charge < -0.3 is 5.32 Å². The van der Waals surface area contributed by atoms with E-state index in [1.807, 2.05) is 12.1 Å². The summed E-state index contributed by atoms with van der Waals surface area (Å²) in [5.41, 5.74) is 1.66. The van der Waals surface area contributed by atoms with E-state index in [0.29, 0.717) is 17.3 Å². The number of amides is 1. The summed E-state index contributed by atoms with van der Waals surface area (Å²) in [5, 5.41) is 3.36. The first-order valence-electron chi connectivity index (χ1n) is 8.54. The molecule has 3 aromatic carbocycles. The van der Waals surface area contributed by atoms with Gasteiger partial charge in [0.1, 0.15) is 0 Å². The van der Waals surface area contributed by atoms with Crippen molar-refractivity contribution in [2.45, 2.75) is 11.4 Å². The number of rotatable bonds is 6. The molecule has 0 atom stereocenters. The van der Waals surface area contributed by atoms with Crippen LogP contribution < -0.4 is 9.62 Å². The van der Waals surface area contributed by atoms with Crippen molar-refractivity contribution in [2.24, 2.45) is 0 Å². The number of benzene rings is 3. The van der Waals surface area contributed by atoms with Crippen LogP contribution in [0, 0.1) is 0 Å². The van der Waals surface area contributed by atoms with Gasteiger partial charge in [-0.2, -0.15) is 0 Å². The molecule has 144 valence electrons. The van der Waals surface area contributed by atoms with Crippen molar-refractivity contribution in [2.75, 3.05) is 11.4 Å². The molecule has 0 radical (unpaired) electrons. The quantitative estimate of drug-likeness (QED) is 0.660. The van der Waals surface area contributed by atoms with Crippen LogP contribution in [0.2, 0.25) is 5.02 Å². The van der Waals surface area contributed by atoms with Gasteiger partial charge in [-0.1, -0.05) is 48.0 Å². The van der Waals surface area contributed by atoms with E-state index < -0.39 is 10.0 Å². The molecule has 3 rings (SSSR count). The number of para-hydroxylation sites is 1. The van der Waals surface area contributed by atoms with Crippen molar-refractivity contribution in [1.29, 1.82) is 0 Å². The number of hydrogen-bond acceptors (Lipinski definition) is 3. The van der Waals surface area contributed by atoms with Crippen molar-refractivity contribution in [3.05, 3.63) is 95.0 Å². The van der Waals surface area contributed by atoms with E-state index >= 15 is 0 Å². The first kappa shape index (κ1) is 19.9. The van der Waals surface area contributed by atoms with Crippen LogP contribution in [0.15, 0.2) is 83.8 Å². The van der Waals surface area contributed by atoms with Crippen LogP contribution in [0.1, 0.15) is 15.9 Å². The van der Waals surface area contributed by atoms with E-state index in [0.717, 1.165) is 5.56 Å². The van der Waals surface area contributed by atoms with Crippen LogP contribution >= 0.6 is 11.6 Å². The average molecular weight is 415 g/mol. The number of nitrogens with zero attached hydrogens (tertiary/aromatic N) is 1. The van der Waals surface area contributed by atoms with Gasteiger partial charge in [0.25, 0.3) is 15.9 Å². The molecule has 7 heteroatoms. The van der Waals surface area contributed by atoms with Crippen LogP contribution in [-0.2, 0) is 16.6 Å². The maximum absolute atomic E-state index is 12.9. The van der Waals surface area contributed by atoms with E-state index in [1.165, 1.54) is 23.5 Å². The number of sulfonamides is 1. The molecule has 1 N–H and O–H groups in total. The molecule has 0 saturated heterocycles. The van der Waals surface area contributed by atoms with Crippen molar-refractivity contribution < 1.29 is 13.2 Å². The second-order valence-corrected chi connectivity index (χ2v) is 8.55. The monoisotopic (exact) mass is 414 g/mol. The first-order chi connectivity index (χ1) is 13.4. The number of carbonyl (C=O) groups is 1. The maximum atomic E-state index is 12.9. The largest absolute Gasteiger partial charge is 0.348 e. The molecule has 0 unspecified atom stereocenters. The summed E-state index contributed by atoms with van der Waals surface area (Å²) in [7, 11) is -2.30. The molecule has 5 nitrogen and oxygen atoms in total. The van der Waals surface area contributed by atoms with Crippen LogP contribution in [0.5, 0.6) is 0 Å². The Hall–Kier alpha value is -2.83. The third-order valence-electron chi connectivity index (χ3n) is 4.22. The van der Waals surface area contributed by atoms with E-state index in [1.54, 1.807) is 54.6 Å². The molecule has 1 amide bonds. The zero-order valence-corrected chi connectivity index (χ0v) is 16.7. The molecule has 0 bridgehead atoms. The fraction of sp³-hybridized carbons (Fsp3) is 0.0952. The summed E-state index contributed by atoms with van der Waals surface area (Å²) in [4.78, 5) is 12.5. The second kappa shape index (κ2) is 8.46. The number of anilines is 1. The van der Waals surface area contributed by atoms with Gasteiger partial charge in [-0.25, -0.2) is 8.42 Å². The molecule has 0 aliphatic heterocycles. The summed E-state index contributed by atoms with van der Waals surface area (Å²) >= 11 is 5.94. The van der Waals surface area contributed by atoms with E-state index in [2.05, 4.69) is 5.32 Å². The Kier molecular flexibility index (Phi) is 6.02. The average Bonchev–Trinajstić information content (AvgIpc) is 2.72. The summed E-state index contributed by atoms with van der Waals surface area (Å²) in [6, 6.07) is 21.9. The van der Waals surface area contributed by atoms with Gasteiger partial charge >= 0.3 is 0 Å². The minimum Gasteiger partial charge on any atom is -0.348 e. The summed E-state index contributed by atoms with van der Waals surface area (Å²) in [5.74, 6) is -0.362. The lowest BCUT2D eigenvalue weighted by molar-refractivity contribution is 0.0950. The lowest BCUT2D eigenvalue weighted by Crippen LogP contribution is -2.27. The van der Waals surface area contributed by atoms with Crippen LogP contribution in [0.3, 0.4) is 0 Å². The minimum atomic E-state index is -3.78. The second-order valence-electron chi connectivity index (χ2n) is 6.15. The van der Waals surface area contributed by atoms with E-state index in [4.69, 9.17) is 11.6 Å². The van der Waals surface area contributed by atoms with Crippen molar-refractivity contribution in [1.82, 2.24) is 5.32 Å².